The lowest BCUT2D eigenvalue weighted by atomic mass is 9.81. The van der Waals surface area contributed by atoms with Gasteiger partial charge in [-0.05, 0) is 23.3 Å². The average molecular weight is 460 g/mol. The van der Waals surface area contributed by atoms with Crippen LogP contribution in [0.1, 0.15) is 17.0 Å². The van der Waals surface area contributed by atoms with Gasteiger partial charge in [0.2, 0.25) is 0 Å². The number of fused-ring (bicyclic) bond motifs is 1. The number of hydrogen-bond acceptors (Lipinski definition) is 9. The van der Waals surface area contributed by atoms with Crippen LogP contribution >= 0.6 is 0 Å². The van der Waals surface area contributed by atoms with E-state index in [2.05, 4.69) is 16.7 Å². The molecule has 0 bridgehead atoms. The van der Waals surface area contributed by atoms with Crippen LogP contribution in [0.5, 0.6) is 0 Å². The highest BCUT2D eigenvalue weighted by Gasteiger charge is 2.43. The molecule has 4 rings (SSSR count). The van der Waals surface area contributed by atoms with Gasteiger partial charge < -0.3 is 25.8 Å². The van der Waals surface area contributed by atoms with Crippen LogP contribution in [-0.4, -0.2) is 39.2 Å². The summed E-state index contributed by atoms with van der Waals surface area (Å²) in [5, 5.41) is 16.8. The van der Waals surface area contributed by atoms with Gasteiger partial charge in [-0.15, -0.1) is 0 Å². The predicted octanol–water partition coefficient (Wildman–Crippen LogP) is 2.10. The molecule has 9 heteroatoms. The van der Waals surface area contributed by atoms with Crippen LogP contribution in [0, 0.1) is 11.3 Å². The lowest BCUT2D eigenvalue weighted by Crippen LogP contribution is -2.40. The van der Waals surface area contributed by atoms with Crippen molar-refractivity contribution in [1.82, 2.24) is 5.32 Å². The standard InChI is InChI=1S/C25H25N5O4/c1-33-24(31)21-20(15-6-4-3-5-7-15)18(13-26)23(27)30(22(21)25(32)34-2)17-9-8-16-14-28-10-11-29-19(16)12-17/h3-9,12,20,28-29H,10-11,14,27H2,1-2H3. The molecule has 2 aromatic rings. The molecule has 0 amide bonds. The summed E-state index contributed by atoms with van der Waals surface area (Å²) in [6.45, 7) is 2.20. The Morgan fingerprint density at radius 2 is 1.82 bits per heavy atom. The smallest absolute Gasteiger partial charge is 0.355 e. The van der Waals surface area contributed by atoms with Crippen LogP contribution in [0.15, 0.2) is 71.2 Å². The molecule has 1 atom stereocenters. The van der Waals surface area contributed by atoms with E-state index < -0.39 is 17.9 Å². The van der Waals surface area contributed by atoms with Crippen molar-refractivity contribution in [2.24, 2.45) is 5.73 Å². The quantitative estimate of drug-likeness (QED) is 0.589. The maximum Gasteiger partial charge on any atom is 0.355 e. The van der Waals surface area contributed by atoms with Gasteiger partial charge in [0, 0.05) is 31.0 Å². The van der Waals surface area contributed by atoms with E-state index >= 15 is 0 Å². The first-order chi connectivity index (χ1) is 16.5. The summed E-state index contributed by atoms with van der Waals surface area (Å²) in [5.74, 6) is -2.38. The third kappa shape index (κ3) is 3.95. The Morgan fingerprint density at radius 1 is 1.09 bits per heavy atom. The number of nitrogens with zero attached hydrogens (tertiary/aromatic N) is 2. The number of nitrogens with one attached hydrogen (secondary N) is 2. The molecule has 2 aliphatic heterocycles. The summed E-state index contributed by atoms with van der Waals surface area (Å²) in [7, 11) is 2.45. The number of rotatable bonds is 4. The first kappa shape index (κ1) is 22.9. The second kappa shape index (κ2) is 9.68. The zero-order valence-electron chi connectivity index (χ0n) is 18.9. The Labute approximate surface area is 197 Å². The summed E-state index contributed by atoms with van der Waals surface area (Å²) in [4.78, 5) is 27.6. The maximum atomic E-state index is 13.1. The molecule has 2 aromatic carbocycles. The minimum absolute atomic E-state index is 0.0177. The van der Waals surface area contributed by atoms with E-state index in [-0.39, 0.29) is 22.7 Å². The van der Waals surface area contributed by atoms with Crippen molar-refractivity contribution < 1.29 is 19.1 Å². The Hall–Kier alpha value is -4.29. The molecule has 0 fully saturated rings. The van der Waals surface area contributed by atoms with Crippen LogP contribution in [0.25, 0.3) is 0 Å². The molecule has 0 radical (unpaired) electrons. The van der Waals surface area contributed by atoms with Gasteiger partial charge in [-0.1, -0.05) is 36.4 Å². The number of carbonyl (C=O) groups is 2. The van der Waals surface area contributed by atoms with Gasteiger partial charge in [0.25, 0.3) is 0 Å². The van der Waals surface area contributed by atoms with Gasteiger partial charge in [0.1, 0.15) is 11.5 Å². The van der Waals surface area contributed by atoms with Crippen LogP contribution in [0.4, 0.5) is 11.4 Å². The Kier molecular flexibility index (Phi) is 6.52. The fourth-order valence-electron chi connectivity index (χ4n) is 4.31. The molecule has 0 saturated heterocycles. The molecule has 174 valence electrons. The van der Waals surface area contributed by atoms with Crippen LogP contribution < -0.4 is 21.3 Å². The van der Waals surface area contributed by atoms with Gasteiger partial charge >= 0.3 is 11.9 Å². The third-order valence-electron chi connectivity index (χ3n) is 5.89. The van der Waals surface area contributed by atoms with Crippen molar-refractivity contribution in [3.05, 3.63) is 82.3 Å². The van der Waals surface area contributed by atoms with Crippen LogP contribution in [-0.2, 0) is 25.6 Å². The van der Waals surface area contributed by atoms with Crippen LogP contribution in [0.2, 0.25) is 0 Å². The minimum Gasteiger partial charge on any atom is -0.466 e. The monoisotopic (exact) mass is 459 g/mol. The molecular formula is C25H25N5O4. The van der Waals surface area contributed by atoms with E-state index in [1.807, 2.05) is 18.2 Å². The van der Waals surface area contributed by atoms with E-state index in [9.17, 15) is 14.9 Å². The van der Waals surface area contributed by atoms with E-state index in [1.165, 1.54) is 19.1 Å². The summed E-state index contributed by atoms with van der Waals surface area (Å²) >= 11 is 0. The van der Waals surface area contributed by atoms with Crippen molar-refractivity contribution in [2.45, 2.75) is 12.5 Å². The van der Waals surface area contributed by atoms with Crippen molar-refractivity contribution in [3.8, 4) is 6.07 Å². The normalized spacial score (nSPS) is 17.8. The van der Waals surface area contributed by atoms with Gasteiger partial charge in [0.05, 0.1) is 37.4 Å². The summed E-state index contributed by atoms with van der Waals surface area (Å²) in [6.07, 6.45) is 0. The summed E-state index contributed by atoms with van der Waals surface area (Å²) < 4.78 is 10.1. The maximum absolute atomic E-state index is 13.1. The van der Waals surface area contributed by atoms with E-state index in [4.69, 9.17) is 15.2 Å². The van der Waals surface area contributed by atoms with Gasteiger partial charge in [0.15, 0.2) is 0 Å². The fraction of sp³-hybridized carbons (Fsp3) is 0.240. The number of nitrogens with two attached hydrogens (primary N) is 1. The number of nitriles is 1. The number of carbonyl (C=O) groups excluding carboxylic acids is 2. The Morgan fingerprint density at radius 3 is 2.50 bits per heavy atom. The van der Waals surface area contributed by atoms with E-state index in [1.54, 1.807) is 30.3 Å². The molecule has 2 heterocycles. The first-order valence-corrected chi connectivity index (χ1v) is 10.7. The Bertz CT molecular complexity index is 1230. The largest absolute Gasteiger partial charge is 0.466 e. The van der Waals surface area contributed by atoms with Crippen LogP contribution in [0.3, 0.4) is 0 Å². The first-order valence-electron chi connectivity index (χ1n) is 10.7. The lowest BCUT2D eigenvalue weighted by Gasteiger charge is -2.36. The minimum atomic E-state index is -0.896. The van der Waals surface area contributed by atoms with Gasteiger partial charge in [-0.25, -0.2) is 9.59 Å². The zero-order valence-corrected chi connectivity index (χ0v) is 18.9. The number of esters is 2. The second-order valence-corrected chi connectivity index (χ2v) is 7.78. The molecule has 34 heavy (non-hydrogen) atoms. The molecule has 0 saturated carbocycles. The van der Waals surface area contributed by atoms with Crippen molar-refractivity contribution >= 4 is 23.3 Å². The molecule has 0 spiro atoms. The highest BCUT2D eigenvalue weighted by molar-refractivity contribution is 6.06. The average Bonchev–Trinajstić information content (AvgIpc) is 3.12. The topological polar surface area (TPSA) is 130 Å². The molecule has 1 unspecified atom stereocenters. The second-order valence-electron chi connectivity index (χ2n) is 7.78. The van der Waals surface area contributed by atoms with Crippen molar-refractivity contribution in [1.29, 1.82) is 5.26 Å². The highest BCUT2D eigenvalue weighted by atomic mass is 16.5. The zero-order chi connectivity index (χ0) is 24.2. The SMILES string of the molecule is COC(=O)C1=C(C(=O)OC)N(c2ccc3c(c2)NCCNC3)C(N)=C(C#N)C1c1ccccc1. The Balaban J connectivity index is 2.00. The van der Waals surface area contributed by atoms with Gasteiger partial charge in [-0.2, -0.15) is 5.26 Å². The number of methoxy groups -OCH3 is 2. The third-order valence-corrected chi connectivity index (χ3v) is 5.89. The summed E-state index contributed by atoms with van der Waals surface area (Å²) in [6, 6.07) is 16.6. The van der Waals surface area contributed by atoms with E-state index in [0.29, 0.717) is 24.3 Å². The van der Waals surface area contributed by atoms with Crippen molar-refractivity contribution in [2.75, 3.05) is 37.5 Å². The lowest BCUT2D eigenvalue weighted by molar-refractivity contribution is -0.139. The molecule has 2 aliphatic rings. The highest BCUT2D eigenvalue weighted by Crippen LogP contribution is 2.43. The number of anilines is 2. The number of allylic oxidation sites excluding steroid dienone is 1. The summed E-state index contributed by atoms with van der Waals surface area (Å²) in [5.41, 5.74) is 9.60. The van der Waals surface area contributed by atoms with Crippen molar-refractivity contribution in [3.63, 3.8) is 0 Å². The molecule has 0 aromatic heterocycles. The molecular weight excluding hydrogens is 434 g/mol. The number of hydrogen-bond donors (Lipinski definition) is 3. The molecule has 9 nitrogen and oxygen atoms in total. The fourth-order valence-corrected chi connectivity index (χ4v) is 4.31. The van der Waals surface area contributed by atoms with E-state index in [0.717, 1.165) is 17.8 Å². The number of benzene rings is 2. The van der Waals surface area contributed by atoms with Gasteiger partial charge in [-0.3, -0.25) is 4.90 Å². The molecule has 0 aliphatic carbocycles. The predicted molar refractivity (Wildman–Crippen MR) is 126 cm³/mol. The molecule has 4 N–H and O–H groups in total. The number of ether oxygens (including phenoxy) is 2.